The Hall–Kier alpha value is -1.95. The number of aromatic nitrogens is 2. The van der Waals surface area contributed by atoms with Gasteiger partial charge in [-0.05, 0) is 12.1 Å². The Bertz CT molecular complexity index is 612. The minimum atomic E-state index is -1.04. The van der Waals surface area contributed by atoms with E-state index in [-0.39, 0.29) is 16.4 Å². The number of rotatable bonds is 2. The second-order valence-corrected chi connectivity index (χ2v) is 3.91. The number of halogens is 3. The van der Waals surface area contributed by atoms with Crippen molar-refractivity contribution in [1.82, 2.24) is 9.78 Å². The lowest BCUT2D eigenvalue weighted by molar-refractivity contribution is 0.102. The summed E-state index contributed by atoms with van der Waals surface area (Å²) in [6, 6.07) is 3.06. The van der Waals surface area contributed by atoms with Crippen LogP contribution in [0.1, 0.15) is 10.4 Å². The van der Waals surface area contributed by atoms with E-state index in [4.69, 9.17) is 11.6 Å². The summed E-state index contributed by atoms with van der Waals surface area (Å²) in [5, 5.41) is 6.36. The van der Waals surface area contributed by atoms with E-state index in [1.165, 1.54) is 16.9 Å². The van der Waals surface area contributed by atoms with Gasteiger partial charge in [-0.2, -0.15) is 5.10 Å². The average Bonchev–Trinajstić information content (AvgIpc) is 2.65. The summed E-state index contributed by atoms with van der Waals surface area (Å²) in [5.74, 6) is -2.56. The van der Waals surface area contributed by atoms with Crippen LogP contribution in [0.15, 0.2) is 24.4 Å². The Morgan fingerprint density at radius 1 is 1.39 bits per heavy atom. The number of anilines is 1. The number of carbonyl (C=O) groups is 1. The van der Waals surface area contributed by atoms with Crippen LogP contribution in [0.2, 0.25) is 5.15 Å². The molecule has 7 heteroatoms. The molecule has 0 atom stereocenters. The first-order chi connectivity index (χ1) is 8.49. The van der Waals surface area contributed by atoms with Gasteiger partial charge < -0.3 is 5.32 Å². The molecule has 0 aliphatic carbocycles. The number of hydrogen-bond donors (Lipinski definition) is 1. The zero-order valence-electron chi connectivity index (χ0n) is 9.25. The van der Waals surface area contributed by atoms with Crippen molar-refractivity contribution in [2.24, 2.45) is 7.05 Å². The standard InChI is InChI=1S/C11H8ClF2N3O/c1-17-10(12)7(5-15-17)11(18)16-6-2-3-8(13)9(14)4-6/h2-5H,1H3,(H,16,18). The molecule has 2 aromatic rings. The van der Waals surface area contributed by atoms with Crippen molar-refractivity contribution < 1.29 is 13.6 Å². The Morgan fingerprint density at radius 2 is 2.11 bits per heavy atom. The van der Waals surface area contributed by atoms with Gasteiger partial charge in [0.25, 0.3) is 5.91 Å². The molecule has 0 spiro atoms. The highest BCUT2D eigenvalue weighted by atomic mass is 35.5. The van der Waals surface area contributed by atoms with E-state index < -0.39 is 17.5 Å². The van der Waals surface area contributed by atoms with Crippen LogP contribution in [-0.2, 0) is 7.05 Å². The fourth-order valence-corrected chi connectivity index (χ4v) is 1.53. The maximum Gasteiger partial charge on any atom is 0.260 e. The largest absolute Gasteiger partial charge is 0.322 e. The summed E-state index contributed by atoms with van der Waals surface area (Å²) in [5.41, 5.74) is 0.294. The van der Waals surface area contributed by atoms with Gasteiger partial charge in [-0.25, -0.2) is 8.78 Å². The topological polar surface area (TPSA) is 46.9 Å². The van der Waals surface area contributed by atoms with E-state index in [0.717, 1.165) is 12.1 Å². The van der Waals surface area contributed by atoms with Gasteiger partial charge in [0.2, 0.25) is 0 Å². The van der Waals surface area contributed by atoms with Crippen LogP contribution in [0.4, 0.5) is 14.5 Å². The van der Waals surface area contributed by atoms with E-state index in [0.29, 0.717) is 0 Å². The molecule has 1 amide bonds. The number of amides is 1. The number of nitrogens with zero attached hydrogens (tertiary/aromatic N) is 2. The monoisotopic (exact) mass is 271 g/mol. The van der Waals surface area contributed by atoms with Crippen molar-refractivity contribution in [3.63, 3.8) is 0 Å². The first-order valence-corrected chi connectivity index (χ1v) is 5.30. The summed E-state index contributed by atoms with van der Waals surface area (Å²) < 4.78 is 27.0. The Kier molecular flexibility index (Phi) is 3.29. The molecule has 0 aliphatic heterocycles. The second-order valence-electron chi connectivity index (χ2n) is 3.56. The fourth-order valence-electron chi connectivity index (χ4n) is 1.35. The van der Waals surface area contributed by atoms with E-state index in [1.807, 2.05) is 0 Å². The predicted octanol–water partition coefficient (Wildman–Crippen LogP) is 2.60. The van der Waals surface area contributed by atoms with Crippen molar-refractivity contribution >= 4 is 23.2 Å². The first-order valence-electron chi connectivity index (χ1n) is 4.93. The van der Waals surface area contributed by atoms with Crippen molar-refractivity contribution in [3.8, 4) is 0 Å². The van der Waals surface area contributed by atoms with E-state index >= 15 is 0 Å². The second kappa shape index (κ2) is 4.73. The molecule has 94 valence electrons. The quantitative estimate of drug-likeness (QED) is 0.913. The van der Waals surface area contributed by atoms with Gasteiger partial charge in [0.1, 0.15) is 5.15 Å². The molecule has 0 radical (unpaired) electrons. The van der Waals surface area contributed by atoms with E-state index in [2.05, 4.69) is 10.4 Å². The van der Waals surface area contributed by atoms with Crippen LogP contribution < -0.4 is 5.32 Å². The highest BCUT2D eigenvalue weighted by Gasteiger charge is 2.15. The summed E-state index contributed by atoms with van der Waals surface area (Å²) in [6.07, 6.45) is 1.29. The zero-order valence-corrected chi connectivity index (χ0v) is 10.0. The lowest BCUT2D eigenvalue weighted by atomic mass is 10.2. The Balaban J connectivity index is 2.21. The Labute approximate surface area is 106 Å². The third-order valence-electron chi connectivity index (χ3n) is 2.29. The van der Waals surface area contributed by atoms with E-state index in [9.17, 15) is 13.6 Å². The molecular formula is C11H8ClF2N3O. The molecule has 4 nitrogen and oxygen atoms in total. The molecule has 0 bridgehead atoms. The van der Waals surface area contributed by atoms with Gasteiger partial charge in [0.05, 0.1) is 11.8 Å². The number of nitrogens with one attached hydrogen (secondary N) is 1. The summed E-state index contributed by atoms with van der Waals surface area (Å²) in [6.45, 7) is 0. The summed E-state index contributed by atoms with van der Waals surface area (Å²) in [4.78, 5) is 11.8. The lowest BCUT2D eigenvalue weighted by Gasteiger charge is -2.04. The van der Waals surface area contributed by atoms with Crippen molar-refractivity contribution in [2.45, 2.75) is 0 Å². The highest BCUT2D eigenvalue weighted by Crippen LogP contribution is 2.18. The van der Waals surface area contributed by atoms with Gasteiger partial charge in [0.15, 0.2) is 11.6 Å². The molecule has 1 heterocycles. The van der Waals surface area contributed by atoms with Crippen LogP contribution in [-0.4, -0.2) is 15.7 Å². The smallest absolute Gasteiger partial charge is 0.260 e. The molecule has 0 unspecified atom stereocenters. The van der Waals surface area contributed by atoms with Crippen molar-refractivity contribution in [1.29, 1.82) is 0 Å². The predicted molar refractivity (Wildman–Crippen MR) is 62.5 cm³/mol. The minimum Gasteiger partial charge on any atom is -0.322 e. The molecule has 18 heavy (non-hydrogen) atoms. The average molecular weight is 272 g/mol. The number of carbonyl (C=O) groups excluding carboxylic acids is 1. The van der Waals surface area contributed by atoms with Gasteiger partial charge >= 0.3 is 0 Å². The maximum absolute atomic E-state index is 12.9. The van der Waals surface area contributed by atoms with Gasteiger partial charge in [0, 0.05) is 18.8 Å². The molecule has 1 aromatic heterocycles. The SMILES string of the molecule is Cn1ncc(C(=O)Nc2ccc(F)c(F)c2)c1Cl. The number of aryl methyl sites for hydroxylation is 1. The van der Waals surface area contributed by atoms with Gasteiger partial charge in [-0.15, -0.1) is 0 Å². The molecular weight excluding hydrogens is 264 g/mol. The molecule has 2 rings (SSSR count). The van der Waals surface area contributed by atoms with E-state index in [1.54, 1.807) is 7.05 Å². The summed E-state index contributed by atoms with van der Waals surface area (Å²) in [7, 11) is 1.58. The number of benzene rings is 1. The van der Waals surface area contributed by atoms with Gasteiger partial charge in [-0.1, -0.05) is 11.6 Å². The highest BCUT2D eigenvalue weighted by molar-refractivity contribution is 6.33. The van der Waals surface area contributed by atoms with Gasteiger partial charge in [-0.3, -0.25) is 9.48 Å². The third-order valence-corrected chi connectivity index (χ3v) is 2.74. The molecule has 0 aliphatic rings. The van der Waals surface area contributed by atoms with Crippen LogP contribution in [0.3, 0.4) is 0 Å². The molecule has 0 fully saturated rings. The molecule has 1 N–H and O–H groups in total. The molecule has 0 saturated carbocycles. The lowest BCUT2D eigenvalue weighted by Crippen LogP contribution is -2.12. The zero-order chi connectivity index (χ0) is 13.3. The first kappa shape index (κ1) is 12.5. The minimum absolute atomic E-state index is 0.138. The van der Waals surface area contributed by atoms with Crippen LogP contribution in [0.5, 0.6) is 0 Å². The number of hydrogen-bond acceptors (Lipinski definition) is 2. The van der Waals surface area contributed by atoms with Crippen molar-refractivity contribution in [3.05, 3.63) is 46.7 Å². The third kappa shape index (κ3) is 2.33. The van der Waals surface area contributed by atoms with Crippen molar-refractivity contribution in [2.75, 3.05) is 5.32 Å². The van der Waals surface area contributed by atoms with Crippen LogP contribution >= 0.6 is 11.6 Å². The fraction of sp³-hybridized carbons (Fsp3) is 0.0909. The molecule has 0 saturated heterocycles. The molecule has 1 aromatic carbocycles. The normalized spacial score (nSPS) is 10.4. The van der Waals surface area contributed by atoms with Crippen LogP contribution in [0.25, 0.3) is 0 Å². The van der Waals surface area contributed by atoms with Crippen LogP contribution in [0, 0.1) is 11.6 Å². The Morgan fingerprint density at radius 3 is 2.67 bits per heavy atom. The maximum atomic E-state index is 12.9. The summed E-state index contributed by atoms with van der Waals surface area (Å²) >= 11 is 5.83.